The Morgan fingerprint density at radius 1 is 1.19 bits per heavy atom. The number of nitrogens with zero attached hydrogens (tertiary/aromatic N) is 4. The highest BCUT2D eigenvalue weighted by atomic mass is 16.4. The molecule has 0 spiro atoms. The Balaban J connectivity index is 1.40. The lowest BCUT2D eigenvalue weighted by Crippen LogP contribution is -2.26. The highest BCUT2D eigenvalue weighted by Crippen LogP contribution is 2.25. The Morgan fingerprint density at radius 2 is 2.06 bits per heavy atom. The monoisotopic (exact) mass is 431 g/mol. The minimum absolute atomic E-state index is 0.382. The van der Waals surface area contributed by atoms with Crippen LogP contribution in [0, 0.1) is 13.8 Å². The molecule has 1 saturated heterocycles. The molecule has 1 aromatic carbocycles. The molecule has 4 heterocycles. The number of rotatable bonds is 6. The van der Waals surface area contributed by atoms with E-state index >= 15 is 0 Å². The summed E-state index contributed by atoms with van der Waals surface area (Å²) in [5.41, 5.74) is 4.72. The smallest absolute Gasteiger partial charge is 0.345 e. The first kappa shape index (κ1) is 20.7. The molecule has 4 aromatic rings. The van der Waals surface area contributed by atoms with E-state index in [4.69, 9.17) is 4.42 Å². The average Bonchev–Trinajstić information content (AvgIpc) is 3.38. The molecule has 3 aromatic heterocycles. The van der Waals surface area contributed by atoms with Crippen LogP contribution < -0.4 is 10.9 Å². The number of likely N-dealkylation sites (tertiary alicyclic amines) is 1. The van der Waals surface area contributed by atoms with Crippen LogP contribution >= 0.6 is 0 Å². The minimum atomic E-state index is -0.382. The second kappa shape index (κ2) is 8.39. The molecular weight excluding hydrogens is 402 g/mol. The lowest BCUT2D eigenvalue weighted by Gasteiger charge is -2.17. The maximum atomic E-state index is 12.8. The normalized spacial score (nSPS) is 16.9. The highest BCUT2D eigenvalue weighted by Gasteiger charge is 2.22. The van der Waals surface area contributed by atoms with Crippen LogP contribution in [-0.4, -0.2) is 44.9 Å². The zero-order valence-electron chi connectivity index (χ0n) is 18.9. The Labute approximate surface area is 187 Å². The van der Waals surface area contributed by atoms with Gasteiger partial charge in [0.25, 0.3) is 0 Å². The molecule has 166 valence electrons. The van der Waals surface area contributed by atoms with Crippen molar-refractivity contribution < 1.29 is 4.42 Å². The van der Waals surface area contributed by atoms with Crippen LogP contribution in [0.2, 0.25) is 0 Å². The zero-order chi connectivity index (χ0) is 22.2. The average molecular weight is 432 g/mol. The third-order valence-corrected chi connectivity index (χ3v) is 6.21. The van der Waals surface area contributed by atoms with E-state index in [1.807, 2.05) is 48.8 Å². The van der Waals surface area contributed by atoms with Gasteiger partial charge in [0.15, 0.2) is 5.65 Å². The molecule has 1 aliphatic rings. The topological polar surface area (TPSA) is 75.7 Å². The second-order valence-electron chi connectivity index (χ2n) is 8.81. The third kappa shape index (κ3) is 4.00. The predicted octanol–water partition coefficient (Wildman–Crippen LogP) is 4.41. The predicted molar refractivity (Wildman–Crippen MR) is 127 cm³/mol. The molecular formula is C25H29N5O2. The van der Waals surface area contributed by atoms with Crippen LogP contribution in [0.25, 0.3) is 27.9 Å². The molecule has 0 unspecified atom stereocenters. The molecule has 0 radical (unpaired) electrons. The van der Waals surface area contributed by atoms with Crippen molar-refractivity contribution >= 4 is 22.3 Å². The van der Waals surface area contributed by atoms with Gasteiger partial charge in [0.05, 0.1) is 22.6 Å². The number of fused-ring (bicyclic) bond motifs is 2. The molecule has 1 fully saturated rings. The van der Waals surface area contributed by atoms with Crippen molar-refractivity contribution in [1.29, 1.82) is 0 Å². The summed E-state index contributed by atoms with van der Waals surface area (Å²) in [5.74, 6) is 0. The van der Waals surface area contributed by atoms with Crippen molar-refractivity contribution in [3.8, 4) is 11.3 Å². The summed E-state index contributed by atoms with van der Waals surface area (Å²) in [5, 5.41) is 4.49. The third-order valence-electron chi connectivity index (χ3n) is 6.21. The van der Waals surface area contributed by atoms with E-state index in [1.165, 1.54) is 19.4 Å². The van der Waals surface area contributed by atoms with Gasteiger partial charge in [-0.3, -0.25) is 4.98 Å². The van der Waals surface area contributed by atoms with E-state index in [9.17, 15) is 4.79 Å². The van der Waals surface area contributed by atoms with E-state index in [-0.39, 0.29) is 5.63 Å². The van der Waals surface area contributed by atoms with Gasteiger partial charge in [-0.2, -0.15) is 0 Å². The van der Waals surface area contributed by atoms with Crippen molar-refractivity contribution in [2.75, 3.05) is 25.0 Å². The molecule has 7 heteroatoms. The minimum Gasteiger partial charge on any atom is -0.422 e. The molecule has 0 bridgehead atoms. The summed E-state index contributed by atoms with van der Waals surface area (Å²) in [6.07, 6.45) is 7.37. The number of anilines is 1. The Bertz CT molecular complexity index is 1340. The largest absolute Gasteiger partial charge is 0.422 e. The Morgan fingerprint density at radius 3 is 2.91 bits per heavy atom. The number of unbranched alkanes of at least 4 members (excludes halogenated alkanes) is 1. The summed E-state index contributed by atoms with van der Waals surface area (Å²) in [4.78, 5) is 24.4. The van der Waals surface area contributed by atoms with Gasteiger partial charge in [-0.1, -0.05) is 13.3 Å². The van der Waals surface area contributed by atoms with Crippen molar-refractivity contribution in [1.82, 2.24) is 19.3 Å². The summed E-state index contributed by atoms with van der Waals surface area (Å²) in [6.45, 7) is 9.45. The van der Waals surface area contributed by atoms with Crippen molar-refractivity contribution in [3.63, 3.8) is 0 Å². The number of aromatic nitrogens is 3. The molecule has 0 amide bonds. The maximum absolute atomic E-state index is 12.8. The van der Waals surface area contributed by atoms with Gasteiger partial charge < -0.3 is 19.0 Å². The molecule has 32 heavy (non-hydrogen) atoms. The number of nitrogens with one attached hydrogen (secondary N) is 1. The van der Waals surface area contributed by atoms with Crippen molar-refractivity contribution in [2.45, 2.75) is 46.1 Å². The van der Waals surface area contributed by atoms with E-state index in [2.05, 4.69) is 33.2 Å². The molecule has 1 N–H and O–H groups in total. The van der Waals surface area contributed by atoms with Crippen LogP contribution in [0.1, 0.15) is 37.6 Å². The quantitative estimate of drug-likeness (QED) is 0.456. The molecule has 1 aliphatic heterocycles. The fourth-order valence-electron chi connectivity index (χ4n) is 4.58. The Hall–Kier alpha value is -3.19. The standard InChI is InChI=1S/C25H29N5O2/c1-4-5-9-29-10-8-20(14-29)27-19-7-6-18-11-21(25(31)32-23(18)12-19)22-15-30-13-16(2)26-17(3)24(30)28-22/h6-7,11-13,15,20,27H,4-5,8-10,14H2,1-3H3/t20-/m1/s1. The van der Waals surface area contributed by atoms with Gasteiger partial charge in [-0.25, -0.2) is 9.78 Å². The highest BCUT2D eigenvalue weighted by molar-refractivity contribution is 5.84. The number of imidazole rings is 1. The zero-order valence-corrected chi connectivity index (χ0v) is 18.9. The fraction of sp³-hybridized carbons (Fsp3) is 0.400. The molecule has 0 saturated carbocycles. The van der Waals surface area contributed by atoms with Crippen LogP contribution in [-0.2, 0) is 0 Å². The second-order valence-corrected chi connectivity index (χ2v) is 8.81. The van der Waals surface area contributed by atoms with Crippen molar-refractivity contribution in [3.05, 3.63) is 58.5 Å². The SMILES string of the molecule is CCCCN1CC[C@@H](Nc2ccc3cc(-c4cn5cc(C)nc(C)c5n4)c(=O)oc3c2)C1. The van der Waals surface area contributed by atoms with Gasteiger partial charge in [-0.15, -0.1) is 0 Å². The van der Waals surface area contributed by atoms with E-state index in [1.54, 1.807) is 0 Å². The number of aryl methyl sites for hydroxylation is 2. The first-order valence-electron chi connectivity index (χ1n) is 11.4. The van der Waals surface area contributed by atoms with Crippen LogP contribution in [0.4, 0.5) is 5.69 Å². The first-order chi connectivity index (χ1) is 15.5. The molecule has 5 rings (SSSR count). The number of hydrogen-bond donors (Lipinski definition) is 1. The van der Waals surface area contributed by atoms with Crippen molar-refractivity contribution in [2.24, 2.45) is 0 Å². The summed E-state index contributed by atoms with van der Waals surface area (Å²) < 4.78 is 7.62. The van der Waals surface area contributed by atoms with Crippen LogP contribution in [0.5, 0.6) is 0 Å². The van der Waals surface area contributed by atoms with Crippen LogP contribution in [0.3, 0.4) is 0 Å². The first-order valence-corrected chi connectivity index (χ1v) is 11.4. The maximum Gasteiger partial charge on any atom is 0.345 e. The summed E-state index contributed by atoms with van der Waals surface area (Å²) in [7, 11) is 0. The van der Waals surface area contributed by atoms with Gasteiger partial charge in [-0.05, 0) is 51.4 Å². The van der Waals surface area contributed by atoms with Gasteiger partial charge in [0, 0.05) is 48.7 Å². The Kier molecular flexibility index (Phi) is 5.43. The summed E-state index contributed by atoms with van der Waals surface area (Å²) in [6, 6.07) is 8.28. The van der Waals surface area contributed by atoms with Gasteiger partial charge in [0.2, 0.25) is 0 Å². The fourth-order valence-corrected chi connectivity index (χ4v) is 4.58. The van der Waals surface area contributed by atoms with Gasteiger partial charge in [0.1, 0.15) is 5.58 Å². The van der Waals surface area contributed by atoms with E-state index < -0.39 is 0 Å². The number of benzene rings is 1. The van der Waals surface area contributed by atoms with E-state index in [0.29, 0.717) is 22.9 Å². The molecule has 7 nitrogen and oxygen atoms in total. The lowest BCUT2D eigenvalue weighted by molar-refractivity contribution is 0.330. The lowest BCUT2D eigenvalue weighted by atomic mass is 10.1. The molecule has 0 aliphatic carbocycles. The van der Waals surface area contributed by atoms with Crippen LogP contribution in [0.15, 0.2) is 45.9 Å². The van der Waals surface area contributed by atoms with Gasteiger partial charge >= 0.3 is 5.63 Å². The molecule has 1 atom stereocenters. The summed E-state index contributed by atoms with van der Waals surface area (Å²) >= 11 is 0. The van der Waals surface area contributed by atoms with E-state index in [0.717, 1.165) is 47.6 Å². The number of hydrogen-bond acceptors (Lipinski definition) is 6.